The summed E-state index contributed by atoms with van der Waals surface area (Å²) < 4.78 is 5.02. The van der Waals surface area contributed by atoms with Crippen LogP contribution in [0, 0.1) is 0 Å². The SMILES string of the molecule is CCC(C)NC(=O)Nc1cccc(OCC(=O)O)c1. The molecule has 0 aliphatic carbocycles. The number of carbonyl (C=O) groups is 2. The second kappa shape index (κ2) is 7.25. The van der Waals surface area contributed by atoms with Crippen LogP contribution in [-0.4, -0.2) is 29.8 Å². The molecule has 1 aromatic rings. The third kappa shape index (κ3) is 5.76. The van der Waals surface area contributed by atoms with Gasteiger partial charge in [0, 0.05) is 17.8 Å². The number of aliphatic carboxylic acids is 1. The zero-order chi connectivity index (χ0) is 14.3. The number of ether oxygens (including phenoxy) is 1. The summed E-state index contributed by atoms with van der Waals surface area (Å²) in [6, 6.07) is 6.36. The molecule has 2 amide bonds. The van der Waals surface area contributed by atoms with Gasteiger partial charge in [0.1, 0.15) is 5.75 Å². The number of hydrogen-bond acceptors (Lipinski definition) is 3. The second-order valence-corrected chi connectivity index (χ2v) is 4.12. The molecule has 0 radical (unpaired) electrons. The first-order valence-corrected chi connectivity index (χ1v) is 6.03. The van der Waals surface area contributed by atoms with Crippen molar-refractivity contribution >= 4 is 17.7 Å². The average Bonchev–Trinajstić information content (AvgIpc) is 2.36. The molecule has 104 valence electrons. The van der Waals surface area contributed by atoms with E-state index >= 15 is 0 Å². The van der Waals surface area contributed by atoms with Crippen LogP contribution in [0.5, 0.6) is 5.75 Å². The molecule has 0 aliphatic heterocycles. The van der Waals surface area contributed by atoms with Crippen LogP contribution < -0.4 is 15.4 Å². The van der Waals surface area contributed by atoms with Crippen LogP contribution >= 0.6 is 0 Å². The first-order chi connectivity index (χ1) is 9.01. The third-order valence-electron chi connectivity index (χ3n) is 2.44. The fraction of sp³-hybridized carbons (Fsp3) is 0.385. The van der Waals surface area contributed by atoms with Gasteiger partial charge in [0.15, 0.2) is 6.61 Å². The summed E-state index contributed by atoms with van der Waals surface area (Å²) in [5, 5.41) is 13.9. The molecule has 0 spiro atoms. The van der Waals surface area contributed by atoms with Gasteiger partial charge in [-0.05, 0) is 25.5 Å². The third-order valence-corrected chi connectivity index (χ3v) is 2.44. The largest absolute Gasteiger partial charge is 0.482 e. The van der Waals surface area contributed by atoms with E-state index in [0.717, 1.165) is 6.42 Å². The molecular weight excluding hydrogens is 248 g/mol. The lowest BCUT2D eigenvalue weighted by atomic mass is 10.2. The molecule has 0 aromatic heterocycles. The number of carboxylic acids is 1. The molecule has 1 aromatic carbocycles. The Labute approximate surface area is 111 Å². The Balaban J connectivity index is 2.56. The van der Waals surface area contributed by atoms with E-state index < -0.39 is 12.6 Å². The molecular formula is C13H18N2O4. The van der Waals surface area contributed by atoms with Gasteiger partial charge < -0.3 is 20.5 Å². The minimum absolute atomic E-state index is 0.0893. The Morgan fingerprint density at radius 3 is 2.79 bits per heavy atom. The molecule has 1 unspecified atom stereocenters. The van der Waals surface area contributed by atoms with Gasteiger partial charge in [-0.1, -0.05) is 13.0 Å². The zero-order valence-electron chi connectivity index (χ0n) is 11.0. The number of nitrogens with one attached hydrogen (secondary N) is 2. The molecule has 0 saturated heterocycles. The van der Waals surface area contributed by atoms with Crippen molar-refractivity contribution in [3.05, 3.63) is 24.3 Å². The van der Waals surface area contributed by atoms with Crippen LogP contribution in [-0.2, 0) is 4.79 Å². The summed E-state index contributed by atoms with van der Waals surface area (Å²) in [6.45, 7) is 3.47. The highest BCUT2D eigenvalue weighted by Gasteiger charge is 2.06. The summed E-state index contributed by atoms with van der Waals surface area (Å²) >= 11 is 0. The van der Waals surface area contributed by atoms with Gasteiger partial charge in [0.2, 0.25) is 0 Å². The molecule has 6 nitrogen and oxygen atoms in total. The first-order valence-electron chi connectivity index (χ1n) is 6.03. The Bertz CT molecular complexity index is 448. The number of hydrogen-bond donors (Lipinski definition) is 3. The maximum Gasteiger partial charge on any atom is 0.341 e. The Kier molecular flexibility index (Phi) is 5.66. The van der Waals surface area contributed by atoms with Crippen LogP contribution in [0.2, 0.25) is 0 Å². The number of amides is 2. The van der Waals surface area contributed by atoms with Crippen molar-refractivity contribution in [2.45, 2.75) is 26.3 Å². The first kappa shape index (κ1) is 14.8. The van der Waals surface area contributed by atoms with Crippen molar-refractivity contribution in [3.8, 4) is 5.75 Å². The Hall–Kier alpha value is -2.24. The predicted molar refractivity (Wildman–Crippen MR) is 71.5 cm³/mol. The maximum atomic E-state index is 11.6. The van der Waals surface area contributed by atoms with Crippen LogP contribution in [0.1, 0.15) is 20.3 Å². The number of urea groups is 1. The van der Waals surface area contributed by atoms with Gasteiger partial charge >= 0.3 is 12.0 Å². The number of carbonyl (C=O) groups excluding carboxylic acids is 1. The molecule has 3 N–H and O–H groups in total. The van der Waals surface area contributed by atoms with Gasteiger partial charge in [0.05, 0.1) is 0 Å². The van der Waals surface area contributed by atoms with Crippen molar-refractivity contribution in [1.29, 1.82) is 0 Å². The van der Waals surface area contributed by atoms with Gasteiger partial charge in [-0.15, -0.1) is 0 Å². The number of carboxylic acid groups (broad SMARTS) is 1. The number of benzene rings is 1. The smallest absolute Gasteiger partial charge is 0.341 e. The van der Waals surface area contributed by atoms with Crippen LogP contribution in [0.3, 0.4) is 0 Å². The Morgan fingerprint density at radius 1 is 1.42 bits per heavy atom. The zero-order valence-corrected chi connectivity index (χ0v) is 11.0. The Morgan fingerprint density at radius 2 is 2.16 bits per heavy atom. The van der Waals surface area contributed by atoms with Crippen molar-refractivity contribution in [3.63, 3.8) is 0 Å². The van der Waals surface area contributed by atoms with E-state index in [1.54, 1.807) is 24.3 Å². The highest BCUT2D eigenvalue weighted by molar-refractivity contribution is 5.89. The van der Waals surface area contributed by atoms with Crippen LogP contribution in [0.4, 0.5) is 10.5 Å². The number of rotatable bonds is 6. The molecule has 0 saturated carbocycles. The second-order valence-electron chi connectivity index (χ2n) is 4.12. The summed E-state index contributed by atoms with van der Waals surface area (Å²) in [5.41, 5.74) is 0.545. The number of anilines is 1. The van der Waals surface area contributed by atoms with E-state index in [9.17, 15) is 9.59 Å². The predicted octanol–water partition coefficient (Wildman–Crippen LogP) is 2.07. The molecule has 6 heteroatoms. The quantitative estimate of drug-likeness (QED) is 0.735. The van der Waals surface area contributed by atoms with Crippen LogP contribution in [0.15, 0.2) is 24.3 Å². The van der Waals surface area contributed by atoms with Crippen molar-refractivity contribution < 1.29 is 19.4 Å². The lowest BCUT2D eigenvalue weighted by molar-refractivity contribution is -0.139. The molecule has 0 fully saturated rings. The van der Waals surface area contributed by atoms with Crippen molar-refractivity contribution in [1.82, 2.24) is 5.32 Å². The highest BCUT2D eigenvalue weighted by Crippen LogP contribution is 2.17. The fourth-order valence-electron chi connectivity index (χ4n) is 1.30. The lowest BCUT2D eigenvalue weighted by Crippen LogP contribution is -2.35. The van der Waals surface area contributed by atoms with Crippen molar-refractivity contribution in [2.24, 2.45) is 0 Å². The van der Waals surface area contributed by atoms with Gasteiger partial charge in [-0.2, -0.15) is 0 Å². The van der Waals surface area contributed by atoms with E-state index in [1.165, 1.54) is 0 Å². The van der Waals surface area contributed by atoms with Crippen molar-refractivity contribution in [2.75, 3.05) is 11.9 Å². The topological polar surface area (TPSA) is 87.7 Å². The fourth-order valence-corrected chi connectivity index (χ4v) is 1.30. The van der Waals surface area contributed by atoms with Crippen LogP contribution in [0.25, 0.3) is 0 Å². The molecule has 0 aliphatic rings. The summed E-state index contributed by atoms with van der Waals surface area (Å²) in [4.78, 5) is 22.0. The normalized spacial score (nSPS) is 11.5. The summed E-state index contributed by atoms with van der Waals surface area (Å²) in [7, 11) is 0. The highest BCUT2D eigenvalue weighted by atomic mass is 16.5. The van der Waals surface area contributed by atoms with E-state index in [1.807, 2.05) is 13.8 Å². The molecule has 1 atom stereocenters. The van der Waals surface area contributed by atoms with Gasteiger partial charge in [0.25, 0.3) is 0 Å². The lowest BCUT2D eigenvalue weighted by Gasteiger charge is -2.13. The summed E-state index contributed by atoms with van der Waals surface area (Å²) in [5.74, 6) is -0.656. The van der Waals surface area contributed by atoms with Gasteiger partial charge in [-0.25, -0.2) is 9.59 Å². The van der Waals surface area contributed by atoms with E-state index in [2.05, 4.69) is 10.6 Å². The molecule has 0 bridgehead atoms. The molecule has 1 rings (SSSR count). The monoisotopic (exact) mass is 266 g/mol. The van der Waals surface area contributed by atoms with E-state index in [0.29, 0.717) is 11.4 Å². The minimum atomic E-state index is -1.05. The summed E-state index contributed by atoms with van der Waals surface area (Å²) in [6.07, 6.45) is 0.842. The maximum absolute atomic E-state index is 11.6. The minimum Gasteiger partial charge on any atom is -0.482 e. The van der Waals surface area contributed by atoms with E-state index in [-0.39, 0.29) is 12.1 Å². The average molecular weight is 266 g/mol. The van der Waals surface area contributed by atoms with E-state index in [4.69, 9.17) is 9.84 Å². The molecule has 19 heavy (non-hydrogen) atoms. The van der Waals surface area contributed by atoms with Gasteiger partial charge in [-0.3, -0.25) is 0 Å². The molecule has 0 heterocycles. The standard InChI is InChI=1S/C13H18N2O4/c1-3-9(2)14-13(18)15-10-5-4-6-11(7-10)19-8-12(16)17/h4-7,9H,3,8H2,1-2H3,(H,16,17)(H2,14,15,18).